The van der Waals surface area contributed by atoms with E-state index < -0.39 is 5.97 Å². The SMILES string of the molecule is Cc1cc(Br)ccc1CC(=O)N1CCCCC1CCC(=O)O. The Hall–Kier alpha value is -1.36. The number of piperidine rings is 1. The number of rotatable bonds is 5. The molecule has 1 aromatic rings. The molecule has 0 spiro atoms. The van der Waals surface area contributed by atoms with Crippen molar-refractivity contribution in [3.63, 3.8) is 0 Å². The number of benzene rings is 1. The molecule has 1 saturated heterocycles. The number of carboxylic acids is 1. The lowest BCUT2D eigenvalue weighted by Crippen LogP contribution is -2.44. The van der Waals surface area contributed by atoms with Gasteiger partial charge in [0.25, 0.3) is 0 Å². The molecule has 5 heteroatoms. The highest BCUT2D eigenvalue weighted by Gasteiger charge is 2.27. The van der Waals surface area contributed by atoms with E-state index in [2.05, 4.69) is 15.9 Å². The summed E-state index contributed by atoms with van der Waals surface area (Å²) in [5.74, 6) is -0.678. The van der Waals surface area contributed by atoms with Crippen LogP contribution in [0.2, 0.25) is 0 Å². The first-order chi connectivity index (χ1) is 10.5. The van der Waals surface area contributed by atoms with Gasteiger partial charge in [0.2, 0.25) is 5.91 Å². The second kappa shape index (κ2) is 7.77. The minimum atomic E-state index is -0.790. The zero-order chi connectivity index (χ0) is 16.1. The van der Waals surface area contributed by atoms with E-state index in [-0.39, 0.29) is 18.4 Å². The largest absolute Gasteiger partial charge is 0.481 e. The van der Waals surface area contributed by atoms with Crippen molar-refractivity contribution in [3.05, 3.63) is 33.8 Å². The molecular weight excluding hydrogens is 346 g/mol. The van der Waals surface area contributed by atoms with Crippen LogP contribution >= 0.6 is 15.9 Å². The molecule has 22 heavy (non-hydrogen) atoms. The Morgan fingerprint density at radius 1 is 1.36 bits per heavy atom. The van der Waals surface area contributed by atoms with E-state index in [9.17, 15) is 9.59 Å². The standard InChI is InChI=1S/C17H22BrNO3/c1-12-10-14(18)6-5-13(12)11-16(20)19-9-3-2-4-15(19)7-8-17(21)22/h5-6,10,15H,2-4,7-9,11H2,1H3,(H,21,22). The number of carboxylic acid groups (broad SMARTS) is 1. The van der Waals surface area contributed by atoms with Crippen molar-refractivity contribution >= 4 is 27.8 Å². The lowest BCUT2D eigenvalue weighted by Gasteiger charge is -2.36. The summed E-state index contributed by atoms with van der Waals surface area (Å²) in [6.45, 7) is 2.75. The molecule has 1 N–H and O–H groups in total. The van der Waals surface area contributed by atoms with Crippen LogP contribution in [0.1, 0.15) is 43.2 Å². The van der Waals surface area contributed by atoms with Crippen molar-refractivity contribution in [1.82, 2.24) is 4.90 Å². The summed E-state index contributed by atoms with van der Waals surface area (Å²) < 4.78 is 1.01. The van der Waals surface area contributed by atoms with Crippen LogP contribution < -0.4 is 0 Å². The number of nitrogens with zero attached hydrogens (tertiary/aromatic N) is 1. The van der Waals surface area contributed by atoms with E-state index in [4.69, 9.17) is 5.11 Å². The summed E-state index contributed by atoms with van der Waals surface area (Å²) in [6.07, 6.45) is 4.08. The number of aryl methyl sites for hydroxylation is 1. The molecule has 0 bridgehead atoms. The topological polar surface area (TPSA) is 57.6 Å². The quantitative estimate of drug-likeness (QED) is 0.865. The van der Waals surface area contributed by atoms with Crippen LogP contribution in [-0.2, 0) is 16.0 Å². The molecule has 1 heterocycles. The van der Waals surface area contributed by atoms with Crippen molar-refractivity contribution < 1.29 is 14.7 Å². The highest BCUT2D eigenvalue weighted by atomic mass is 79.9. The summed E-state index contributed by atoms with van der Waals surface area (Å²) in [5, 5.41) is 8.86. The average Bonchev–Trinajstić information content (AvgIpc) is 2.48. The Labute approximate surface area is 139 Å². The fourth-order valence-electron chi connectivity index (χ4n) is 3.04. The lowest BCUT2D eigenvalue weighted by molar-refractivity contribution is -0.139. The maximum atomic E-state index is 12.6. The van der Waals surface area contributed by atoms with Crippen LogP contribution in [0, 0.1) is 6.92 Å². The van der Waals surface area contributed by atoms with Crippen molar-refractivity contribution in [2.45, 2.75) is 51.5 Å². The van der Waals surface area contributed by atoms with E-state index in [1.54, 1.807) is 0 Å². The monoisotopic (exact) mass is 367 g/mol. The number of halogens is 1. The predicted octanol–water partition coefficient (Wildman–Crippen LogP) is 3.55. The van der Waals surface area contributed by atoms with E-state index >= 15 is 0 Å². The first-order valence-corrected chi connectivity index (χ1v) is 8.53. The number of carbonyl (C=O) groups is 2. The molecule has 4 nitrogen and oxygen atoms in total. The first-order valence-electron chi connectivity index (χ1n) is 7.73. The van der Waals surface area contributed by atoms with Gasteiger partial charge >= 0.3 is 5.97 Å². The van der Waals surface area contributed by atoms with Crippen LogP contribution in [0.25, 0.3) is 0 Å². The van der Waals surface area contributed by atoms with Gasteiger partial charge in [-0.3, -0.25) is 9.59 Å². The van der Waals surface area contributed by atoms with Gasteiger partial charge in [0.05, 0.1) is 6.42 Å². The second-order valence-corrected chi connectivity index (χ2v) is 6.83. The van der Waals surface area contributed by atoms with Crippen molar-refractivity contribution in [2.75, 3.05) is 6.54 Å². The number of carbonyl (C=O) groups excluding carboxylic acids is 1. The minimum absolute atomic E-state index is 0.0769. The fraction of sp³-hybridized carbons (Fsp3) is 0.529. The number of likely N-dealkylation sites (tertiary alicyclic amines) is 1. The summed E-state index contributed by atoms with van der Waals surface area (Å²) in [4.78, 5) is 25.3. The summed E-state index contributed by atoms with van der Waals surface area (Å²) in [5.41, 5.74) is 2.14. The van der Waals surface area contributed by atoms with Crippen LogP contribution in [0.15, 0.2) is 22.7 Å². The summed E-state index contributed by atoms with van der Waals surface area (Å²) in [7, 11) is 0. The zero-order valence-corrected chi connectivity index (χ0v) is 14.4. The fourth-order valence-corrected chi connectivity index (χ4v) is 3.52. The molecular formula is C17H22BrNO3. The summed E-state index contributed by atoms with van der Waals surface area (Å²) in [6, 6.07) is 6.02. The number of hydrogen-bond donors (Lipinski definition) is 1. The maximum Gasteiger partial charge on any atom is 0.303 e. The van der Waals surface area contributed by atoms with Gasteiger partial charge < -0.3 is 10.0 Å². The molecule has 1 aliphatic rings. The molecule has 1 aliphatic heterocycles. The smallest absolute Gasteiger partial charge is 0.303 e. The molecule has 1 amide bonds. The van der Waals surface area contributed by atoms with Crippen LogP contribution in [0.4, 0.5) is 0 Å². The van der Waals surface area contributed by atoms with Gasteiger partial charge in [-0.25, -0.2) is 0 Å². The molecule has 2 rings (SSSR count). The third kappa shape index (κ3) is 4.57. The summed E-state index contributed by atoms with van der Waals surface area (Å²) >= 11 is 3.43. The van der Waals surface area contributed by atoms with Gasteiger partial charge in [-0.05, 0) is 55.9 Å². The Kier molecular flexibility index (Phi) is 6.00. The number of aliphatic carboxylic acids is 1. The Morgan fingerprint density at radius 3 is 2.82 bits per heavy atom. The van der Waals surface area contributed by atoms with Crippen LogP contribution in [0.3, 0.4) is 0 Å². The van der Waals surface area contributed by atoms with E-state index in [0.717, 1.165) is 41.4 Å². The van der Waals surface area contributed by atoms with Gasteiger partial charge in [-0.2, -0.15) is 0 Å². The first kappa shape index (κ1) is 17.0. The molecule has 1 atom stereocenters. The Balaban J connectivity index is 2.03. The van der Waals surface area contributed by atoms with Crippen LogP contribution in [0.5, 0.6) is 0 Å². The van der Waals surface area contributed by atoms with E-state index in [0.29, 0.717) is 12.8 Å². The van der Waals surface area contributed by atoms with Crippen molar-refractivity contribution in [3.8, 4) is 0 Å². The number of hydrogen-bond acceptors (Lipinski definition) is 2. The van der Waals surface area contributed by atoms with Gasteiger partial charge in [-0.1, -0.05) is 22.0 Å². The third-order valence-electron chi connectivity index (χ3n) is 4.29. The van der Waals surface area contributed by atoms with Gasteiger partial charge in [0.1, 0.15) is 0 Å². The molecule has 0 saturated carbocycles. The molecule has 120 valence electrons. The third-order valence-corrected chi connectivity index (χ3v) is 4.78. The molecule has 0 radical (unpaired) electrons. The van der Waals surface area contributed by atoms with Crippen molar-refractivity contribution in [2.24, 2.45) is 0 Å². The van der Waals surface area contributed by atoms with Crippen LogP contribution in [-0.4, -0.2) is 34.5 Å². The molecule has 0 aromatic heterocycles. The van der Waals surface area contributed by atoms with Crippen molar-refractivity contribution in [1.29, 1.82) is 0 Å². The van der Waals surface area contributed by atoms with Gasteiger partial charge in [0, 0.05) is 23.5 Å². The highest BCUT2D eigenvalue weighted by molar-refractivity contribution is 9.10. The average molecular weight is 368 g/mol. The Morgan fingerprint density at radius 2 is 2.14 bits per heavy atom. The molecule has 1 unspecified atom stereocenters. The van der Waals surface area contributed by atoms with Gasteiger partial charge in [0.15, 0.2) is 0 Å². The van der Waals surface area contributed by atoms with E-state index in [1.807, 2.05) is 30.0 Å². The second-order valence-electron chi connectivity index (χ2n) is 5.92. The Bertz CT molecular complexity index is 559. The van der Waals surface area contributed by atoms with Gasteiger partial charge in [-0.15, -0.1) is 0 Å². The maximum absolute atomic E-state index is 12.6. The normalized spacial score (nSPS) is 18.3. The van der Waals surface area contributed by atoms with E-state index in [1.165, 1.54) is 0 Å². The highest BCUT2D eigenvalue weighted by Crippen LogP contribution is 2.23. The number of amides is 1. The molecule has 0 aliphatic carbocycles. The lowest BCUT2D eigenvalue weighted by atomic mass is 9.96. The zero-order valence-electron chi connectivity index (χ0n) is 12.8. The molecule has 1 fully saturated rings. The predicted molar refractivity (Wildman–Crippen MR) is 88.8 cm³/mol. The molecule has 1 aromatic carbocycles. The minimum Gasteiger partial charge on any atom is -0.481 e.